The van der Waals surface area contributed by atoms with Crippen LogP contribution in [0.1, 0.15) is 32.2 Å². The van der Waals surface area contributed by atoms with E-state index in [1.54, 1.807) is 6.20 Å². The minimum Gasteiger partial charge on any atom is -0.370 e. The predicted molar refractivity (Wildman–Crippen MR) is 85.6 cm³/mol. The minimum atomic E-state index is 0.234. The second-order valence-electron chi connectivity index (χ2n) is 5.12. The number of rotatable bonds is 7. The highest BCUT2D eigenvalue weighted by Crippen LogP contribution is 2.21. The van der Waals surface area contributed by atoms with Crippen LogP contribution >= 0.6 is 0 Å². The molecular formula is C15H24N6. The molecule has 0 amide bonds. The molecule has 21 heavy (non-hydrogen) atoms. The third kappa shape index (κ3) is 3.93. The molecule has 0 aliphatic carbocycles. The van der Waals surface area contributed by atoms with Gasteiger partial charge in [-0.15, -0.1) is 0 Å². The Bertz CT molecular complexity index is 564. The van der Waals surface area contributed by atoms with Crippen molar-refractivity contribution >= 4 is 11.6 Å². The van der Waals surface area contributed by atoms with Crippen LogP contribution in [0.15, 0.2) is 18.5 Å². The molecule has 2 aromatic rings. The monoisotopic (exact) mass is 288 g/mol. The lowest BCUT2D eigenvalue weighted by molar-refractivity contribution is 0.559. The Morgan fingerprint density at radius 1 is 1.24 bits per heavy atom. The van der Waals surface area contributed by atoms with Crippen molar-refractivity contribution in [1.29, 1.82) is 0 Å². The fourth-order valence-electron chi connectivity index (χ4n) is 2.17. The molecule has 2 heterocycles. The number of anilines is 2. The first-order chi connectivity index (χ1) is 10.1. The smallest absolute Gasteiger partial charge is 0.135 e. The molecule has 0 bridgehead atoms. The van der Waals surface area contributed by atoms with Crippen LogP contribution in [-0.4, -0.2) is 32.3 Å². The summed E-state index contributed by atoms with van der Waals surface area (Å²) in [6.07, 6.45) is 4.58. The van der Waals surface area contributed by atoms with Crippen molar-refractivity contribution in [2.45, 2.75) is 46.7 Å². The highest BCUT2D eigenvalue weighted by atomic mass is 15.3. The molecule has 114 valence electrons. The van der Waals surface area contributed by atoms with Crippen LogP contribution in [-0.2, 0) is 13.0 Å². The maximum absolute atomic E-state index is 4.61. The fraction of sp³-hybridized carbons (Fsp3) is 0.533. The van der Waals surface area contributed by atoms with Gasteiger partial charge in [-0.1, -0.05) is 6.92 Å². The summed E-state index contributed by atoms with van der Waals surface area (Å²) >= 11 is 0. The van der Waals surface area contributed by atoms with E-state index in [0.29, 0.717) is 0 Å². The van der Waals surface area contributed by atoms with Crippen molar-refractivity contribution in [1.82, 2.24) is 19.7 Å². The zero-order chi connectivity index (χ0) is 15.2. The van der Waals surface area contributed by atoms with E-state index in [2.05, 4.69) is 46.5 Å². The molecule has 2 rings (SSSR count). The molecule has 0 saturated carbocycles. The molecule has 1 atom stereocenters. The van der Waals surface area contributed by atoms with Crippen LogP contribution in [0.3, 0.4) is 0 Å². The minimum absolute atomic E-state index is 0.234. The van der Waals surface area contributed by atoms with E-state index < -0.39 is 0 Å². The van der Waals surface area contributed by atoms with Gasteiger partial charge < -0.3 is 10.6 Å². The highest BCUT2D eigenvalue weighted by Gasteiger charge is 2.12. The molecule has 0 radical (unpaired) electrons. The molecule has 0 aromatic carbocycles. The van der Waals surface area contributed by atoms with Gasteiger partial charge in [0.2, 0.25) is 0 Å². The molecule has 0 aliphatic rings. The van der Waals surface area contributed by atoms with Gasteiger partial charge in [0.25, 0.3) is 0 Å². The molecule has 0 saturated heterocycles. The number of aryl methyl sites for hydroxylation is 1. The predicted octanol–water partition coefficient (Wildman–Crippen LogP) is 2.48. The Morgan fingerprint density at radius 2 is 2.00 bits per heavy atom. The van der Waals surface area contributed by atoms with Crippen LogP contribution in [0.4, 0.5) is 11.6 Å². The molecule has 2 N–H and O–H groups in total. The summed E-state index contributed by atoms with van der Waals surface area (Å²) in [5.74, 6) is 2.67. The molecule has 0 fully saturated rings. The fourth-order valence-corrected chi connectivity index (χ4v) is 2.17. The third-order valence-electron chi connectivity index (χ3n) is 3.26. The van der Waals surface area contributed by atoms with Crippen LogP contribution in [0.2, 0.25) is 0 Å². The van der Waals surface area contributed by atoms with Crippen LogP contribution < -0.4 is 10.6 Å². The zero-order valence-electron chi connectivity index (χ0n) is 13.2. The van der Waals surface area contributed by atoms with Crippen molar-refractivity contribution in [3.63, 3.8) is 0 Å². The SMILES string of the molecule is CCNc1nc(CC)nc(NC(C)Cn2cccn2)c1C. The Morgan fingerprint density at radius 3 is 2.62 bits per heavy atom. The zero-order valence-corrected chi connectivity index (χ0v) is 13.2. The summed E-state index contributed by atoms with van der Waals surface area (Å²) in [5.41, 5.74) is 1.06. The molecular weight excluding hydrogens is 264 g/mol. The summed E-state index contributed by atoms with van der Waals surface area (Å²) in [5, 5.41) is 11.0. The van der Waals surface area contributed by atoms with Gasteiger partial charge in [0, 0.05) is 37.0 Å². The van der Waals surface area contributed by atoms with Crippen LogP contribution in [0, 0.1) is 6.92 Å². The second kappa shape index (κ2) is 7.06. The summed E-state index contributed by atoms with van der Waals surface area (Å²) in [7, 11) is 0. The van der Waals surface area contributed by atoms with E-state index in [1.807, 2.05) is 23.9 Å². The molecule has 0 aliphatic heterocycles. The van der Waals surface area contributed by atoms with Crippen molar-refractivity contribution in [2.75, 3.05) is 17.2 Å². The van der Waals surface area contributed by atoms with E-state index in [1.165, 1.54) is 0 Å². The average molecular weight is 288 g/mol. The normalized spacial score (nSPS) is 12.2. The lowest BCUT2D eigenvalue weighted by Gasteiger charge is -2.18. The van der Waals surface area contributed by atoms with Crippen LogP contribution in [0.25, 0.3) is 0 Å². The van der Waals surface area contributed by atoms with E-state index >= 15 is 0 Å². The first-order valence-electron chi connectivity index (χ1n) is 7.49. The lowest BCUT2D eigenvalue weighted by Crippen LogP contribution is -2.24. The van der Waals surface area contributed by atoms with Crippen molar-refractivity contribution < 1.29 is 0 Å². The Kier molecular flexibility index (Phi) is 5.14. The summed E-state index contributed by atoms with van der Waals surface area (Å²) in [4.78, 5) is 9.16. The molecule has 6 nitrogen and oxygen atoms in total. The Balaban J connectivity index is 2.15. The van der Waals surface area contributed by atoms with Crippen LogP contribution in [0.5, 0.6) is 0 Å². The number of hydrogen-bond donors (Lipinski definition) is 2. The van der Waals surface area contributed by atoms with Gasteiger partial charge in [-0.3, -0.25) is 4.68 Å². The Labute approximate surface area is 126 Å². The summed E-state index contributed by atoms with van der Waals surface area (Å²) in [6, 6.07) is 2.17. The summed E-state index contributed by atoms with van der Waals surface area (Å²) in [6.45, 7) is 9.96. The average Bonchev–Trinajstić information content (AvgIpc) is 2.96. The first-order valence-corrected chi connectivity index (χ1v) is 7.49. The third-order valence-corrected chi connectivity index (χ3v) is 3.26. The van der Waals surface area contributed by atoms with Gasteiger partial charge in [0.1, 0.15) is 17.5 Å². The quantitative estimate of drug-likeness (QED) is 0.819. The molecule has 0 spiro atoms. The molecule has 1 unspecified atom stereocenters. The second-order valence-corrected chi connectivity index (χ2v) is 5.12. The van der Waals surface area contributed by atoms with Gasteiger partial charge in [-0.25, -0.2) is 9.97 Å². The lowest BCUT2D eigenvalue weighted by atomic mass is 10.2. The number of hydrogen-bond acceptors (Lipinski definition) is 5. The van der Waals surface area contributed by atoms with Crippen molar-refractivity contribution in [3.05, 3.63) is 29.8 Å². The maximum Gasteiger partial charge on any atom is 0.135 e. The number of aromatic nitrogens is 4. The Hall–Kier alpha value is -2.11. The van der Waals surface area contributed by atoms with Gasteiger partial charge in [-0.05, 0) is 26.8 Å². The van der Waals surface area contributed by atoms with E-state index in [9.17, 15) is 0 Å². The van der Waals surface area contributed by atoms with Gasteiger partial charge >= 0.3 is 0 Å². The first kappa shape index (κ1) is 15.3. The van der Waals surface area contributed by atoms with Crippen molar-refractivity contribution in [2.24, 2.45) is 0 Å². The highest BCUT2D eigenvalue weighted by molar-refractivity contribution is 5.57. The van der Waals surface area contributed by atoms with Gasteiger partial charge in [0.15, 0.2) is 0 Å². The number of nitrogens with zero attached hydrogens (tertiary/aromatic N) is 4. The number of nitrogens with one attached hydrogen (secondary N) is 2. The van der Waals surface area contributed by atoms with Crippen molar-refractivity contribution in [3.8, 4) is 0 Å². The van der Waals surface area contributed by atoms with Gasteiger partial charge in [0.05, 0.1) is 6.54 Å². The van der Waals surface area contributed by atoms with Gasteiger partial charge in [-0.2, -0.15) is 5.10 Å². The topological polar surface area (TPSA) is 67.7 Å². The maximum atomic E-state index is 4.61. The van der Waals surface area contributed by atoms with E-state index in [4.69, 9.17) is 0 Å². The molecule has 2 aromatic heterocycles. The molecule has 6 heteroatoms. The van der Waals surface area contributed by atoms with E-state index in [-0.39, 0.29) is 6.04 Å². The standard InChI is InChI=1S/C15H24N6/c1-5-13-19-14(16-6-2)12(4)15(20-13)18-11(3)10-21-9-7-8-17-21/h7-9,11H,5-6,10H2,1-4H3,(H2,16,18,19,20). The largest absolute Gasteiger partial charge is 0.370 e. The summed E-state index contributed by atoms with van der Waals surface area (Å²) < 4.78 is 1.92. The van der Waals surface area contributed by atoms with E-state index in [0.717, 1.165) is 42.5 Å².